The first-order chi connectivity index (χ1) is 18.8. The summed E-state index contributed by atoms with van der Waals surface area (Å²) in [4.78, 5) is 26.7. The highest BCUT2D eigenvalue weighted by atomic mass is 16.5. The number of hydrogen-bond acceptors (Lipinski definition) is 14. The summed E-state index contributed by atoms with van der Waals surface area (Å²) in [5, 5.41) is 102. The van der Waals surface area contributed by atoms with E-state index in [1.807, 2.05) is 0 Å². The van der Waals surface area contributed by atoms with Crippen LogP contribution in [-0.4, -0.2) is 106 Å². The van der Waals surface area contributed by atoms with Crippen molar-refractivity contribution in [1.29, 1.82) is 0 Å². The van der Waals surface area contributed by atoms with Crippen LogP contribution in [0.1, 0.15) is 28.9 Å². The normalized spacial score (nSPS) is 25.4. The molecule has 1 saturated heterocycles. The number of phenolic OH excluding ortho intramolecular Hbond substituents is 3. The molecule has 10 N–H and O–H groups in total. The highest BCUT2D eigenvalue weighted by Gasteiger charge is 2.47. The first-order valence-electron chi connectivity index (χ1n) is 12.0. The van der Waals surface area contributed by atoms with Crippen molar-refractivity contribution < 1.29 is 65.0 Å². The Labute approximate surface area is 224 Å². The fraction of sp³-hybridized carbons (Fsp3) is 0.385. The Bertz CT molecular complexity index is 1460. The van der Waals surface area contributed by atoms with Gasteiger partial charge >= 0.3 is 0 Å². The molecular formula is C26H28O14. The molecule has 1 aliphatic heterocycles. The molecule has 1 fully saturated rings. The van der Waals surface area contributed by atoms with Crippen molar-refractivity contribution in [3.8, 4) is 28.6 Å². The van der Waals surface area contributed by atoms with Crippen LogP contribution < -0.4 is 5.43 Å². The number of Topliss-reactive ketones (excluding diaryl/α,β-unsaturated/α-hetero) is 1. The molecule has 0 bridgehead atoms. The molecule has 0 radical (unpaired) electrons. The molecule has 216 valence electrons. The van der Waals surface area contributed by atoms with E-state index >= 15 is 0 Å². The van der Waals surface area contributed by atoms with Crippen molar-refractivity contribution in [2.45, 2.75) is 55.8 Å². The van der Waals surface area contributed by atoms with Crippen LogP contribution in [0.2, 0.25) is 0 Å². The second-order valence-electron chi connectivity index (χ2n) is 9.50. The van der Waals surface area contributed by atoms with Gasteiger partial charge in [0.05, 0.1) is 18.3 Å². The second kappa shape index (κ2) is 11.1. The third-order valence-electron chi connectivity index (χ3n) is 6.82. The standard InChI is InChI=1S/C26H28O14/c1-8(28)17(31)22(36)21(35)16-20(34)15(26-24(38)23(37)18(32)13(7-27)40-26)19(33)14-11(30)6-12(39-25(14)16)9-2-4-10(29)5-3-9/h2-6,8,13,17-18,22-24,26-29,31-34,36-38H,7H2,1H3. The minimum Gasteiger partial charge on any atom is -0.508 e. The van der Waals surface area contributed by atoms with E-state index in [2.05, 4.69) is 0 Å². The van der Waals surface area contributed by atoms with Crippen molar-refractivity contribution in [3.05, 3.63) is 51.7 Å². The summed E-state index contributed by atoms with van der Waals surface area (Å²) in [6, 6.07) is 6.17. The van der Waals surface area contributed by atoms with E-state index in [1.54, 1.807) is 0 Å². The summed E-state index contributed by atoms with van der Waals surface area (Å²) in [7, 11) is 0. The van der Waals surface area contributed by atoms with Crippen LogP contribution in [0.3, 0.4) is 0 Å². The lowest BCUT2D eigenvalue weighted by Gasteiger charge is -2.40. The fourth-order valence-corrected chi connectivity index (χ4v) is 4.56. The van der Waals surface area contributed by atoms with Gasteiger partial charge in [0.2, 0.25) is 5.78 Å². The van der Waals surface area contributed by atoms with Crippen molar-refractivity contribution in [2.75, 3.05) is 6.61 Å². The molecule has 0 aliphatic carbocycles. The lowest BCUT2D eigenvalue weighted by Crippen LogP contribution is -2.55. The number of aromatic hydroxyl groups is 3. The number of carbonyl (C=O) groups is 1. The topological polar surface area (TPSA) is 259 Å². The fourth-order valence-electron chi connectivity index (χ4n) is 4.56. The molecule has 1 aromatic heterocycles. The molecule has 4 rings (SSSR count). The van der Waals surface area contributed by atoms with Gasteiger partial charge in [-0.25, -0.2) is 0 Å². The Morgan fingerprint density at radius 3 is 2.15 bits per heavy atom. The van der Waals surface area contributed by atoms with Crippen molar-refractivity contribution in [3.63, 3.8) is 0 Å². The smallest absolute Gasteiger partial charge is 0.201 e. The quantitative estimate of drug-likeness (QED) is 0.145. The SMILES string of the molecule is CC(O)C(O)C(O)C(=O)c1c(O)c(C2OC(CO)C(O)C(O)C2O)c(O)c2c(=O)cc(-c3ccc(O)cc3)oc12. The number of aliphatic hydroxyl groups is 7. The third kappa shape index (κ3) is 4.91. The number of aliphatic hydroxyl groups excluding tert-OH is 7. The Morgan fingerprint density at radius 2 is 1.57 bits per heavy atom. The summed E-state index contributed by atoms with van der Waals surface area (Å²) in [5.74, 6) is -4.02. The van der Waals surface area contributed by atoms with Crippen LogP contribution in [0.4, 0.5) is 0 Å². The third-order valence-corrected chi connectivity index (χ3v) is 6.82. The van der Waals surface area contributed by atoms with Gasteiger partial charge in [-0.05, 0) is 31.2 Å². The summed E-state index contributed by atoms with van der Waals surface area (Å²) in [6.45, 7) is 0.193. The number of rotatable bonds is 7. The number of ether oxygens (including phenoxy) is 1. The number of carbonyl (C=O) groups excluding carboxylic acids is 1. The highest BCUT2D eigenvalue weighted by molar-refractivity contribution is 6.12. The molecule has 40 heavy (non-hydrogen) atoms. The zero-order chi connectivity index (χ0) is 29.6. The number of ketones is 1. The Kier molecular flexibility index (Phi) is 8.16. The van der Waals surface area contributed by atoms with Gasteiger partial charge in [-0.2, -0.15) is 0 Å². The predicted octanol–water partition coefficient (Wildman–Crippen LogP) is -1.62. The van der Waals surface area contributed by atoms with E-state index in [0.717, 1.165) is 13.0 Å². The molecule has 8 atom stereocenters. The van der Waals surface area contributed by atoms with E-state index in [4.69, 9.17) is 9.15 Å². The monoisotopic (exact) mass is 564 g/mol. The predicted molar refractivity (Wildman–Crippen MR) is 134 cm³/mol. The molecule has 0 spiro atoms. The minimum atomic E-state index is -2.39. The van der Waals surface area contributed by atoms with Gasteiger partial charge in [-0.3, -0.25) is 9.59 Å². The first-order valence-corrected chi connectivity index (χ1v) is 12.0. The number of fused-ring (bicyclic) bond motifs is 1. The Hall–Kier alpha value is -3.60. The largest absolute Gasteiger partial charge is 0.508 e. The lowest BCUT2D eigenvalue weighted by atomic mass is 9.87. The highest BCUT2D eigenvalue weighted by Crippen LogP contribution is 2.47. The van der Waals surface area contributed by atoms with Crippen LogP contribution in [0, 0.1) is 0 Å². The van der Waals surface area contributed by atoms with Gasteiger partial charge in [0.1, 0.15) is 76.7 Å². The van der Waals surface area contributed by atoms with Gasteiger partial charge in [-0.1, -0.05) is 0 Å². The van der Waals surface area contributed by atoms with E-state index in [1.165, 1.54) is 24.3 Å². The van der Waals surface area contributed by atoms with E-state index in [-0.39, 0.29) is 17.1 Å². The van der Waals surface area contributed by atoms with Crippen molar-refractivity contribution in [1.82, 2.24) is 0 Å². The van der Waals surface area contributed by atoms with Gasteiger partial charge in [-0.15, -0.1) is 0 Å². The average molecular weight is 564 g/mol. The summed E-state index contributed by atoms with van der Waals surface area (Å²) in [5.41, 5.74) is -3.29. The molecule has 14 heteroatoms. The van der Waals surface area contributed by atoms with Crippen LogP contribution in [-0.2, 0) is 4.74 Å². The molecule has 2 heterocycles. The Balaban J connectivity index is 2.05. The van der Waals surface area contributed by atoms with Crippen LogP contribution in [0.25, 0.3) is 22.3 Å². The number of hydrogen-bond donors (Lipinski definition) is 10. The Morgan fingerprint density at radius 1 is 0.950 bits per heavy atom. The maximum absolute atomic E-state index is 13.4. The number of benzene rings is 2. The molecule has 8 unspecified atom stereocenters. The zero-order valence-electron chi connectivity index (χ0n) is 20.8. The van der Waals surface area contributed by atoms with Crippen LogP contribution >= 0.6 is 0 Å². The summed E-state index contributed by atoms with van der Waals surface area (Å²) < 4.78 is 11.1. The average Bonchev–Trinajstić information content (AvgIpc) is 2.91. The first kappa shape index (κ1) is 29.4. The maximum Gasteiger partial charge on any atom is 0.201 e. The van der Waals surface area contributed by atoms with E-state index < -0.39 is 100 Å². The van der Waals surface area contributed by atoms with Crippen LogP contribution in [0.15, 0.2) is 39.5 Å². The lowest BCUT2D eigenvalue weighted by molar-refractivity contribution is -0.232. The van der Waals surface area contributed by atoms with Gasteiger partial charge in [0, 0.05) is 11.6 Å². The minimum absolute atomic E-state index is 0.113. The second-order valence-corrected chi connectivity index (χ2v) is 9.50. The molecule has 0 saturated carbocycles. The van der Waals surface area contributed by atoms with Crippen LogP contribution in [0.5, 0.6) is 17.2 Å². The molecule has 0 amide bonds. The molecular weight excluding hydrogens is 536 g/mol. The zero-order valence-corrected chi connectivity index (χ0v) is 20.8. The van der Waals surface area contributed by atoms with Gasteiger partial charge < -0.3 is 60.2 Å². The summed E-state index contributed by atoms with van der Waals surface area (Å²) in [6.07, 6.45) is -15.4. The van der Waals surface area contributed by atoms with Crippen molar-refractivity contribution >= 4 is 16.8 Å². The molecule has 2 aromatic carbocycles. The maximum atomic E-state index is 13.4. The molecule has 3 aromatic rings. The van der Waals surface area contributed by atoms with E-state index in [9.17, 15) is 60.7 Å². The van der Waals surface area contributed by atoms with E-state index in [0.29, 0.717) is 0 Å². The molecule has 1 aliphatic rings. The summed E-state index contributed by atoms with van der Waals surface area (Å²) >= 11 is 0. The van der Waals surface area contributed by atoms with Gasteiger partial charge in [0.25, 0.3) is 0 Å². The molecule has 14 nitrogen and oxygen atoms in total. The van der Waals surface area contributed by atoms with Crippen molar-refractivity contribution in [2.24, 2.45) is 0 Å². The van der Waals surface area contributed by atoms with Gasteiger partial charge in [0.15, 0.2) is 11.0 Å². The number of phenols is 3.